The lowest BCUT2D eigenvalue weighted by Gasteiger charge is -2.20. The fourth-order valence-electron chi connectivity index (χ4n) is 3.35. The summed E-state index contributed by atoms with van der Waals surface area (Å²) in [5.41, 5.74) is 0. The van der Waals surface area contributed by atoms with Gasteiger partial charge in [-0.25, -0.2) is 5.90 Å². The second-order valence-corrected chi connectivity index (χ2v) is 11.7. The molecule has 0 amide bonds. The monoisotopic (exact) mass is 541 g/mol. The Morgan fingerprint density at radius 1 is 0.514 bits per heavy atom. The first-order valence-electron chi connectivity index (χ1n) is 14.0. The van der Waals surface area contributed by atoms with Gasteiger partial charge in [-0.05, 0) is 69.6 Å². The maximum Gasteiger partial charge on any atom is 0.157 e. The summed E-state index contributed by atoms with van der Waals surface area (Å²) in [5.74, 6) is 5.15. The number of hydrogen-bond donors (Lipinski definition) is 1. The van der Waals surface area contributed by atoms with Gasteiger partial charge in [0, 0.05) is 45.9 Å². The molecule has 0 spiro atoms. The lowest BCUT2D eigenvalue weighted by Crippen LogP contribution is -2.20. The van der Waals surface area contributed by atoms with Gasteiger partial charge in [0.2, 0.25) is 0 Å². The summed E-state index contributed by atoms with van der Waals surface area (Å²) in [7, 11) is 1.84. The summed E-state index contributed by atoms with van der Waals surface area (Å²) < 4.78 is 29.6. The Hall–Kier alpha value is 0.580. The maximum atomic E-state index is 6.19. The van der Waals surface area contributed by atoms with Crippen LogP contribution in [0.2, 0.25) is 0 Å². The van der Waals surface area contributed by atoms with E-state index in [4.69, 9.17) is 29.6 Å². The average molecular weight is 542 g/mol. The third-order valence-corrected chi connectivity index (χ3v) is 7.76. The zero-order chi connectivity index (χ0) is 25.8. The third kappa shape index (κ3) is 24.7. The Balaban J connectivity index is 4.23. The summed E-state index contributed by atoms with van der Waals surface area (Å²) in [6.45, 7) is 12.9. The molecule has 0 aliphatic carbocycles. The number of rotatable bonds is 29. The highest BCUT2D eigenvalue weighted by molar-refractivity contribution is 7.38. The van der Waals surface area contributed by atoms with Gasteiger partial charge in [0.1, 0.15) is 0 Å². The largest absolute Gasteiger partial charge is 0.378 e. The molecule has 2 N–H and O–H groups in total. The molecule has 0 saturated heterocycles. The standard InChI is InChI=1S/C26H57NO6P2/c1-5-14-29-25(30-15-6-2)12-22-34-20-10-24(28-18-9-19-33-27)11-21-35-23-13-26(31-16-7-3)32-17-8-4/h24-26,34-35H,5-23,27H2,1-4H3. The topological polar surface area (TPSA) is 81.4 Å². The van der Waals surface area contributed by atoms with Crippen LogP contribution >= 0.6 is 17.2 Å². The van der Waals surface area contributed by atoms with E-state index in [1.54, 1.807) is 0 Å². The molecule has 0 saturated carbocycles. The second-order valence-electron chi connectivity index (χ2n) is 8.71. The van der Waals surface area contributed by atoms with Crippen LogP contribution in [-0.2, 0) is 28.5 Å². The number of nitrogens with two attached hydrogens (primary N) is 1. The first-order chi connectivity index (χ1) is 17.2. The molecular weight excluding hydrogens is 484 g/mol. The molecule has 0 aliphatic rings. The average Bonchev–Trinajstić information content (AvgIpc) is 2.87. The first kappa shape index (κ1) is 35.6. The molecule has 0 fully saturated rings. The van der Waals surface area contributed by atoms with Gasteiger partial charge in [-0.1, -0.05) is 27.7 Å². The van der Waals surface area contributed by atoms with Gasteiger partial charge in [0.05, 0.1) is 12.7 Å². The zero-order valence-corrected chi connectivity index (χ0v) is 25.2. The summed E-state index contributed by atoms with van der Waals surface area (Å²) in [5, 5.41) is 0. The van der Waals surface area contributed by atoms with Crippen LogP contribution in [0.5, 0.6) is 0 Å². The molecule has 9 heteroatoms. The van der Waals surface area contributed by atoms with Crippen LogP contribution in [0.3, 0.4) is 0 Å². The molecule has 2 atom stereocenters. The van der Waals surface area contributed by atoms with Crippen molar-refractivity contribution in [1.29, 1.82) is 0 Å². The van der Waals surface area contributed by atoms with E-state index >= 15 is 0 Å². The Bertz CT molecular complexity index is 366. The highest BCUT2D eigenvalue weighted by Crippen LogP contribution is 2.22. The molecule has 35 heavy (non-hydrogen) atoms. The molecule has 2 unspecified atom stereocenters. The van der Waals surface area contributed by atoms with Gasteiger partial charge in [0.25, 0.3) is 0 Å². The van der Waals surface area contributed by atoms with Crippen LogP contribution in [0.4, 0.5) is 0 Å². The van der Waals surface area contributed by atoms with Crippen molar-refractivity contribution in [2.24, 2.45) is 5.90 Å². The smallest absolute Gasteiger partial charge is 0.157 e. The summed E-state index contributed by atoms with van der Waals surface area (Å²) in [6.07, 6.45) is 14.1. The fourth-order valence-corrected chi connectivity index (χ4v) is 5.78. The predicted octanol–water partition coefficient (Wildman–Crippen LogP) is 5.93. The van der Waals surface area contributed by atoms with Gasteiger partial charge >= 0.3 is 0 Å². The second kappa shape index (κ2) is 29.1. The Morgan fingerprint density at radius 2 is 0.914 bits per heavy atom. The fraction of sp³-hybridized carbons (Fsp3) is 1.00. The van der Waals surface area contributed by atoms with Crippen LogP contribution in [-0.4, -0.2) is 83.0 Å². The highest BCUT2D eigenvalue weighted by Gasteiger charge is 2.12. The van der Waals surface area contributed by atoms with Crippen molar-refractivity contribution in [2.75, 3.05) is 64.3 Å². The van der Waals surface area contributed by atoms with Crippen molar-refractivity contribution in [3.63, 3.8) is 0 Å². The van der Waals surface area contributed by atoms with Crippen molar-refractivity contribution in [3.8, 4) is 0 Å². The normalized spacial score (nSPS) is 13.5. The molecule has 0 rings (SSSR count). The Labute approximate surface area is 220 Å². The minimum atomic E-state index is -0.0432. The highest BCUT2D eigenvalue weighted by atomic mass is 31.1. The molecule has 7 nitrogen and oxygen atoms in total. The maximum absolute atomic E-state index is 6.19. The van der Waals surface area contributed by atoms with E-state index in [0.717, 1.165) is 114 Å². The van der Waals surface area contributed by atoms with E-state index in [1.807, 2.05) is 0 Å². The van der Waals surface area contributed by atoms with Crippen LogP contribution in [0.25, 0.3) is 0 Å². The molecule has 0 radical (unpaired) electrons. The van der Waals surface area contributed by atoms with E-state index < -0.39 is 0 Å². The number of ether oxygens (including phenoxy) is 5. The first-order valence-corrected chi connectivity index (χ1v) is 16.9. The van der Waals surface area contributed by atoms with Crippen molar-refractivity contribution in [2.45, 2.75) is 104 Å². The molecule has 0 aromatic heterocycles. The van der Waals surface area contributed by atoms with Gasteiger partial charge in [-0.2, -0.15) is 0 Å². The predicted molar refractivity (Wildman–Crippen MR) is 152 cm³/mol. The van der Waals surface area contributed by atoms with Gasteiger partial charge in [0.15, 0.2) is 12.6 Å². The minimum absolute atomic E-state index is 0.0432. The summed E-state index contributed by atoms with van der Waals surface area (Å²) in [6, 6.07) is 0. The van der Waals surface area contributed by atoms with Crippen LogP contribution in [0.1, 0.15) is 85.5 Å². The summed E-state index contributed by atoms with van der Waals surface area (Å²) >= 11 is 0. The van der Waals surface area contributed by atoms with Crippen molar-refractivity contribution >= 4 is 17.2 Å². The SMILES string of the molecule is CCCOC(CCPCCC(CCPCCC(OCCC)OCCC)OCCCON)OCCC. The minimum Gasteiger partial charge on any atom is -0.378 e. The van der Waals surface area contributed by atoms with E-state index in [-0.39, 0.29) is 12.6 Å². The van der Waals surface area contributed by atoms with E-state index in [1.165, 1.54) is 12.3 Å². The molecular formula is C26H57NO6P2. The molecule has 0 bridgehead atoms. The lowest BCUT2D eigenvalue weighted by atomic mass is 10.2. The van der Waals surface area contributed by atoms with E-state index in [0.29, 0.717) is 19.3 Å². The van der Waals surface area contributed by atoms with Crippen molar-refractivity contribution in [3.05, 3.63) is 0 Å². The van der Waals surface area contributed by atoms with E-state index in [2.05, 4.69) is 32.5 Å². The summed E-state index contributed by atoms with van der Waals surface area (Å²) in [4.78, 5) is 4.68. The van der Waals surface area contributed by atoms with Gasteiger partial charge in [-0.3, -0.25) is 0 Å². The van der Waals surface area contributed by atoms with Crippen LogP contribution < -0.4 is 5.90 Å². The van der Waals surface area contributed by atoms with Gasteiger partial charge < -0.3 is 28.5 Å². The third-order valence-electron chi connectivity index (χ3n) is 5.19. The molecule has 0 aliphatic heterocycles. The molecule has 0 aromatic rings. The Morgan fingerprint density at radius 3 is 1.29 bits per heavy atom. The van der Waals surface area contributed by atoms with Gasteiger partial charge in [-0.15, -0.1) is 17.2 Å². The van der Waals surface area contributed by atoms with E-state index in [9.17, 15) is 0 Å². The quantitative estimate of drug-likeness (QED) is 0.0544. The molecule has 0 aromatic carbocycles. The van der Waals surface area contributed by atoms with Crippen molar-refractivity contribution in [1.82, 2.24) is 0 Å². The van der Waals surface area contributed by atoms with Crippen molar-refractivity contribution < 1.29 is 28.5 Å². The van der Waals surface area contributed by atoms with Crippen LogP contribution in [0, 0.1) is 0 Å². The number of hydrogen-bond acceptors (Lipinski definition) is 7. The molecule has 0 heterocycles. The Kier molecular flexibility index (Phi) is 29.6. The molecule has 212 valence electrons. The van der Waals surface area contributed by atoms with Crippen LogP contribution in [0.15, 0.2) is 0 Å². The zero-order valence-electron chi connectivity index (χ0n) is 23.2. The lowest BCUT2D eigenvalue weighted by molar-refractivity contribution is -0.142.